The number of thiazole rings is 1. The number of hydrogen-bond acceptors (Lipinski definition) is 7. The molecule has 1 fully saturated rings. The summed E-state index contributed by atoms with van der Waals surface area (Å²) < 4.78 is 11.1. The lowest BCUT2D eigenvalue weighted by molar-refractivity contribution is 0.0967. The highest BCUT2D eigenvalue weighted by molar-refractivity contribution is 7.15. The van der Waals surface area contributed by atoms with E-state index in [9.17, 15) is 9.59 Å². The van der Waals surface area contributed by atoms with Crippen LogP contribution in [0.5, 0.6) is 5.75 Å². The first-order chi connectivity index (χ1) is 13.5. The molecule has 2 N–H and O–H groups in total. The van der Waals surface area contributed by atoms with Crippen LogP contribution in [0.2, 0.25) is 5.02 Å². The average Bonchev–Trinajstić information content (AvgIpc) is 3.07. The van der Waals surface area contributed by atoms with Crippen molar-refractivity contribution in [2.75, 3.05) is 43.1 Å². The van der Waals surface area contributed by atoms with Crippen LogP contribution in [0.15, 0.2) is 18.3 Å². The molecule has 0 aliphatic carbocycles. The maximum absolute atomic E-state index is 12.6. The van der Waals surface area contributed by atoms with Crippen molar-refractivity contribution in [1.82, 2.24) is 10.3 Å². The highest BCUT2D eigenvalue weighted by atomic mass is 35.5. The van der Waals surface area contributed by atoms with Crippen LogP contribution in [0, 0.1) is 6.92 Å². The third kappa shape index (κ3) is 4.92. The second kappa shape index (κ2) is 9.22. The number of anilines is 2. The number of amides is 3. The van der Waals surface area contributed by atoms with Gasteiger partial charge in [-0.05, 0) is 19.9 Å². The minimum absolute atomic E-state index is 0.192. The summed E-state index contributed by atoms with van der Waals surface area (Å²) in [6.07, 6.45) is 1.64. The molecule has 8 nitrogen and oxygen atoms in total. The topological polar surface area (TPSA) is 92.8 Å². The largest absolute Gasteiger partial charge is 0.492 e. The van der Waals surface area contributed by atoms with Gasteiger partial charge in [0.1, 0.15) is 5.75 Å². The van der Waals surface area contributed by atoms with Gasteiger partial charge < -0.3 is 14.4 Å². The molecule has 0 unspecified atom stereocenters. The zero-order chi connectivity index (χ0) is 20.1. The molecule has 1 aliphatic rings. The van der Waals surface area contributed by atoms with Gasteiger partial charge >= 0.3 is 6.03 Å². The Balaban J connectivity index is 1.79. The van der Waals surface area contributed by atoms with E-state index in [1.165, 1.54) is 11.3 Å². The van der Waals surface area contributed by atoms with Gasteiger partial charge in [0.25, 0.3) is 5.91 Å². The van der Waals surface area contributed by atoms with Crippen LogP contribution in [0.1, 0.15) is 22.2 Å². The first-order valence-corrected chi connectivity index (χ1v) is 10.0. The molecule has 2 aromatic rings. The molecule has 28 heavy (non-hydrogen) atoms. The van der Waals surface area contributed by atoms with E-state index in [4.69, 9.17) is 21.1 Å². The zero-order valence-electron chi connectivity index (χ0n) is 15.6. The molecule has 2 heterocycles. The van der Waals surface area contributed by atoms with Gasteiger partial charge in [0, 0.05) is 30.2 Å². The highest BCUT2D eigenvalue weighted by Gasteiger charge is 2.22. The SMILES string of the molecule is CCOc1cc(Cl)c(C(=O)NC(=O)Nc2ncc(C)s2)cc1N1CCOCC1. The van der Waals surface area contributed by atoms with Crippen LogP contribution >= 0.6 is 22.9 Å². The fourth-order valence-electron chi connectivity index (χ4n) is 2.75. The molecule has 0 spiro atoms. The Hall–Kier alpha value is -2.36. The van der Waals surface area contributed by atoms with Crippen molar-refractivity contribution in [3.05, 3.63) is 33.8 Å². The second-order valence-corrected chi connectivity index (χ2v) is 7.66. The lowest BCUT2D eigenvalue weighted by Gasteiger charge is -2.30. The van der Waals surface area contributed by atoms with Gasteiger partial charge in [-0.1, -0.05) is 11.6 Å². The van der Waals surface area contributed by atoms with Crippen molar-refractivity contribution in [3.8, 4) is 5.75 Å². The number of morpholine rings is 1. The highest BCUT2D eigenvalue weighted by Crippen LogP contribution is 2.35. The van der Waals surface area contributed by atoms with E-state index in [-0.39, 0.29) is 10.6 Å². The zero-order valence-corrected chi connectivity index (χ0v) is 17.2. The maximum Gasteiger partial charge on any atom is 0.327 e. The fourth-order valence-corrected chi connectivity index (χ4v) is 3.65. The number of rotatable bonds is 5. The van der Waals surface area contributed by atoms with E-state index in [1.54, 1.807) is 18.3 Å². The second-order valence-electron chi connectivity index (χ2n) is 6.02. The Labute approximate surface area is 171 Å². The van der Waals surface area contributed by atoms with E-state index in [0.29, 0.717) is 43.8 Å². The predicted molar refractivity (Wildman–Crippen MR) is 109 cm³/mol. The predicted octanol–water partition coefficient (Wildman–Crippen LogP) is 3.30. The molecule has 1 saturated heterocycles. The van der Waals surface area contributed by atoms with Crippen LogP contribution in [-0.2, 0) is 4.74 Å². The van der Waals surface area contributed by atoms with E-state index >= 15 is 0 Å². The van der Waals surface area contributed by atoms with E-state index in [0.717, 1.165) is 10.6 Å². The third-order valence-electron chi connectivity index (χ3n) is 4.01. The van der Waals surface area contributed by atoms with E-state index < -0.39 is 11.9 Å². The smallest absolute Gasteiger partial charge is 0.327 e. The molecule has 10 heteroatoms. The number of carbonyl (C=O) groups is 2. The first-order valence-electron chi connectivity index (χ1n) is 8.81. The summed E-state index contributed by atoms with van der Waals surface area (Å²) in [6.45, 7) is 6.74. The minimum Gasteiger partial charge on any atom is -0.492 e. The number of urea groups is 1. The molecule has 0 radical (unpaired) electrons. The first kappa shape index (κ1) is 20.4. The number of aryl methyl sites for hydroxylation is 1. The summed E-state index contributed by atoms with van der Waals surface area (Å²) in [5, 5.41) is 5.44. The van der Waals surface area contributed by atoms with Gasteiger partial charge in [-0.15, -0.1) is 11.3 Å². The normalized spacial score (nSPS) is 13.9. The summed E-state index contributed by atoms with van der Waals surface area (Å²) in [5.74, 6) is -0.0120. The summed E-state index contributed by atoms with van der Waals surface area (Å²) in [7, 11) is 0. The number of hydrogen-bond donors (Lipinski definition) is 2. The molecule has 1 aromatic heterocycles. The third-order valence-corrected chi connectivity index (χ3v) is 5.15. The Bertz CT molecular complexity index is 867. The lowest BCUT2D eigenvalue weighted by Crippen LogP contribution is -2.37. The van der Waals surface area contributed by atoms with Gasteiger partial charge in [0.2, 0.25) is 0 Å². The summed E-state index contributed by atoms with van der Waals surface area (Å²) in [4.78, 5) is 31.8. The molecule has 3 amide bonds. The van der Waals surface area contributed by atoms with Gasteiger partial charge in [0.05, 0.1) is 36.1 Å². The minimum atomic E-state index is -0.669. The lowest BCUT2D eigenvalue weighted by atomic mass is 10.1. The molecular weight excluding hydrogens is 404 g/mol. The number of nitrogens with one attached hydrogen (secondary N) is 2. The van der Waals surface area contributed by atoms with Crippen LogP contribution in [0.3, 0.4) is 0 Å². The Morgan fingerprint density at radius 2 is 2.11 bits per heavy atom. The Kier molecular flexibility index (Phi) is 6.71. The number of ether oxygens (including phenoxy) is 2. The van der Waals surface area contributed by atoms with Crippen molar-refractivity contribution < 1.29 is 19.1 Å². The van der Waals surface area contributed by atoms with Crippen molar-refractivity contribution >= 4 is 45.7 Å². The van der Waals surface area contributed by atoms with Crippen LogP contribution in [0.4, 0.5) is 15.6 Å². The van der Waals surface area contributed by atoms with Gasteiger partial charge in [-0.25, -0.2) is 9.78 Å². The van der Waals surface area contributed by atoms with Gasteiger partial charge in [-0.2, -0.15) is 0 Å². The molecule has 0 saturated carbocycles. The van der Waals surface area contributed by atoms with Crippen LogP contribution in [-0.4, -0.2) is 49.8 Å². The monoisotopic (exact) mass is 424 g/mol. The molecule has 1 aliphatic heterocycles. The van der Waals surface area contributed by atoms with Crippen molar-refractivity contribution in [2.45, 2.75) is 13.8 Å². The Morgan fingerprint density at radius 3 is 2.75 bits per heavy atom. The van der Waals surface area contributed by atoms with E-state index in [2.05, 4.69) is 20.5 Å². The molecular formula is C18H21ClN4O4S. The number of nitrogens with zero attached hydrogens (tertiary/aromatic N) is 2. The molecule has 0 bridgehead atoms. The van der Waals surface area contributed by atoms with E-state index in [1.807, 2.05) is 13.8 Å². The number of benzene rings is 1. The number of aromatic nitrogens is 1. The van der Waals surface area contributed by atoms with Crippen LogP contribution in [0.25, 0.3) is 0 Å². The molecule has 150 valence electrons. The van der Waals surface area contributed by atoms with Crippen molar-refractivity contribution in [2.24, 2.45) is 0 Å². The fraction of sp³-hybridized carbons (Fsp3) is 0.389. The number of imide groups is 1. The standard InChI is InChI=1S/C18H21ClN4O4S/c1-3-27-15-9-13(19)12(8-14(15)23-4-6-26-7-5-23)16(24)21-17(25)22-18-20-10-11(2)28-18/h8-10H,3-7H2,1-2H3,(H2,20,21,22,24,25). The number of carbonyl (C=O) groups excluding carboxylic acids is 2. The molecule has 1 aromatic carbocycles. The quantitative estimate of drug-likeness (QED) is 0.765. The van der Waals surface area contributed by atoms with Gasteiger partial charge in [-0.3, -0.25) is 15.4 Å². The Morgan fingerprint density at radius 1 is 1.36 bits per heavy atom. The van der Waals surface area contributed by atoms with Crippen molar-refractivity contribution in [3.63, 3.8) is 0 Å². The molecule has 0 atom stereocenters. The van der Waals surface area contributed by atoms with Crippen LogP contribution < -0.4 is 20.3 Å². The van der Waals surface area contributed by atoms with Crippen molar-refractivity contribution in [1.29, 1.82) is 0 Å². The molecule has 3 rings (SSSR count). The maximum atomic E-state index is 12.6. The average molecular weight is 425 g/mol. The van der Waals surface area contributed by atoms with Gasteiger partial charge in [0.15, 0.2) is 5.13 Å². The summed E-state index contributed by atoms with van der Waals surface area (Å²) in [5.41, 5.74) is 0.938. The summed E-state index contributed by atoms with van der Waals surface area (Å²) >= 11 is 7.61. The number of halogens is 1. The summed E-state index contributed by atoms with van der Waals surface area (Å²) in [6, 6.07) is 2.58.